The van der Waals surface area contributed by atoms with E-state index >= 15 is 0 Å². The summed E-state index contributed by atoms with van der Waals surface area (Å²) in [6, 6.07) is 5.79. The second kappa shape index (κ2) is 12.7. The summed E-state index contributed by atoms with van der Waals surface area (Å²) in [5, 5.41) is 0. The van der Waals surface area contributed by atoms with Gasteiger partial charge in [0.1, 0.15) is 6.61 Å². The van der Waals surface area contributed by atoms with Crippen LogP contribution in [-0.2, 0) is 30.1 Å². The van der Waals surface area contributed by atoms with E-state index in [0.29, 0.717) is 64.4 Å². The molecule has 0 saturated carbocycles. The summed E-state index contributed by atoms with van der Waals surface area (Å²) in [6.45, 7) is 9.69. The van der Waals surface area contributed by atoms with E-state index in [2.05, 4.69) is 6.58 Å². The van der Waals surface area contributed by atoms with E-state index in [0.717, 1.165) is 12.0 Å². The van der Waals surface area contributed by atoms with Crippen molar-refractivity contribution in [2.24, 2.45) is 0 Å². The third-order valence-electron chi connectivity index (χ3n) is 4.05. The molecule has 1 heterocycles. The van der Waals surface area contributed by atoms with E-state index in [4.69, 9.17) is 33.2 Å². The van der Waals surface area contributed by atoms with Crippen molar-refractivity contribution < 1.29 is 33.2 Å². The molecular formula is C21H32O7. The summed E-state index contributed by atoms with van der Waals surface area (Å²) >= 11 is 0. The molecule has 0 aromatic heterocycles. The molecule has 7 nitrogen and oxygen atoms in total. The lowest BCUT2D eigenvalue weighted by Crippen LogP contribution is -2.42. The quantitative estimate of drug-likeness (QED) is 0.709. The second-order valence-corrected chi connectivity index (χ2v) is 6.45. The number of allylic oxidation sites excluding steroid dienone is 1. The normalized spacial score (nSPS) is 23.2. The number of hydrogen-bond donors (Lipinski definition) is 0. The first-order valence-electron chi connectivity index (χ1n) is 9.58. The predicted octanol–water partition coefficient (Wildman–Crippen LogP) is 2.62. The van der Waals surface area contributed by atoms with Gasteiger partial charge in [0.05, 0.1) is 60.0 Å². The van der Waals surface area contributed by atoms with Gasteiger partial charge in [-0.3, -0.25) is 0 Å². The summed E-state index contributed by atoms with van der Waals surface area (Å²) in [6.07, 6.45) is 2.61. The Morgan fingerprint density at radius 3 is 2.14 bits per heavy atom. The molecule has 1 atom stereocenters. The first kappa shape index (κ1) is 22.6. The minimum absolute atomic E-state index is 0.240. The molecule has 1 aromatic carbocycles. The molecule has 1 fully saturated rings. The van der Waals surface area contributed by atoms with Crippen LogP contribution in [0.1, 0.15) is 12.5 Å². The van der Waals surface area contributed by atoms with Gasteiger partial charge in [-0.1, -0.05) is 12.1 Å². The Balaban J connectivity index is 2.03. The lowest BCUT2D eigenvalue weighted by Gasteiger charge is -2.31. The van der Waals surface area contributed by atoms with Gasteiger partial charge in [0.2, 0.25) is 5.79 Å². The van der Waals surface area contributed by atoms with Crippen LogP contribution in [0.25, 0.3) is 0 Å². The van der Waals surface area contributed by atoms with Gasteiger partial charge in [0, 0.05) is 6.92 Å². The summed E-state index contributed by atoms with van der Waals surface area (Å²) in [7, 11) is 1.61. The molecule has 0 N–H and O–H groups in total. The minimum atomic E-state index is -0.993. The van der Waals surface area contributed by atoms with Crippen LogP contribution in [-0.4, -0.2) is 72.4 Å². The smallest absolute Gasteiger partial charge is 0.231 e. The van der Waals surface area contributed by atoms with E-state index in [9.17, 15) is 0 Å². The van der Waals surface area contributed by atoms with Crippen LogP contribution in [0.3, 0.4) is 0 Å². The summed E-state index contributed by atoms with van der Waals surface area (Å²) in [4.78, 5) is 0. The third kappa shape index (κ3) is 8.16. The fourth-order valence-electron chi connectivity index (χ4n) is 2.66. The Labute approximate surface area is 167 Å². The molecule has 0 radical (unpaired) electrons. The van der Waals surface area contributed by atoms with Gasteiger partial charge >= 0.3 is 0 Å². The van der Waals surface area contributed by atoms with E-state index in [1.165, 1.54) is 0 Å². The molecule has 2 rings (SSSR count). The van der Waals surface area contributed by atoms with Crippen LogP contribution >= 0.6 is 0 Å². The number of ether oxygens (including phenoxy) is 7. The highest BCUT2D eigenvalue weighted by Gasteiger charge is 2.29. The van der Waals surface area contributed by atoms with Gasteiger partial charge in [-0.25, -0.2) is 0 Å². The average molecular weight is 396 g/mol. The number of hydrogen-bond acceptors (Lipinski definition) is 7. The van der Waals surface area contributed by atoms with Crippen molar-refractivity contribution in [3.63, 3.8) is 0 Å². The molecule has 7 heteroatoms. The van der Waals surface area contributed by atoms with Crippen molar-refractivity contribution in [2.75, 3.05) is 66.6 Å². The molecule has 1 aliphatic rings. The second-order valence-electron chi connectivity index (χ2n) is 6.45. The maximum absolute atomic E-state index is 6.16. The Hall–Kier alpha value is -1.64. The molecule has 0 spiro atoms. The highest BCUT2D eigenvalue weighted by atomic mass is 16.7. The number of methoxy groups -OCH3 is 1. The van der Waals surface area contributed by atoms with E-state index < -0.39 is 5.79 Å². The SMILES string of the molecule is C=CCc1ccc(OC2(C)COCCOCCOCCOCCO2)c(OC)c1. The Kier molecular flexibility index (Phi) is 10.3. The van der Waals surface area contributed by atoms with Crippen molar-refractivity contribution in [1.29, 1.82) is 0 Å². The first-order chi connectivity index (χ1) is 13.7. The van der Waals surface area contributed by atoms with Crippen LogP contribution in [0, 0.1) is 0 Å². The van der Waals surface area contributed by atoms with Crippen LogP contribution < -0.4 is 9.47 Å². The Bertz CT molecular complexity index is 560. The molecular weight excluding hydrogens is 364 g/mol. The van der Waals surface area contributed by atoms with Gasteiger partial charge in [0.15, 0.2) is 11.5 Å². The molecule has 0 amide bonds. The van der Waals surface area contributed by atoms with Crippen molar-refractivity contribution in [3.05, 3.63) is 36.4 Å². The third-order valence-corrected chi connectivity index (χ3v) is 4.05. The summed E-state index contributed by atoms with van der Waals surface area (Å²) in [5.74, 6) is 0.231. The Morgan fingerprint density at radius 2 is 1.54 bits per heavy atom. The number of rotatable bonds is 5. The highest BCUT2D eigenvalue weighted by molar-refractivity contribution is 5.43. The molecule has 1 unspecified atom stereocenters. The molecule has 1 aromatic rings. The summed E-state index contributed by atoms with van der Waals surface area (Å²) in [5.41, 5.74) is 1.09. The number of benzene rings is 1. The minimum Gasteiger partial charge on any atom is -0.493 e. The molecule has 158 valence electrons. The fourth-order valence-corrected chi connectivity index (χ4v) is 2.66. The molecule has 1 aliphatic heterocycles. The van der Waals surface area contributed by atoms with Crippen LogP contribution in [0.5, 0.6) is 11.5 Å². The summed E-state index contributed by atoms with van der Waals surface area (Å²) < 4.78 is 39.7. The zero-order valence-electron chi connectivity index (χ0n) is 16.9. The van der Waals surface area contributed by atoms with Crippen molar-refractivity contribution >= 4 is 0 Å². The predicted molar refractivity (Wildman–Crippen MR) is 105 cm³/mol. The first-order valence-corrected chi connectivity index (χ1v) is 9.58. The Morgan fingerprint density at radius 1 is 0.929 bits per heavy atom. The highest BCUT2D eigenvalue weighted by Crippen LogP contribution is 2.32. The van der Waals surface area contributed by atoms with Gasteiger partial charge in [-0.15, -0.1) is 6.58 Å². The topological polar surface area (TPSA) is 64.6 Å². The lowest BCUT2D eigenvalue weighted by atomic mass is 10.1. The van der Waals surface area contributed by atoms with Crippen molar-refractivity contribution in [2.45, 2.75) is 19.1 Å². The molecule has 1 saturated heterocycles. The largest absolute Gasteiger partial charge is 0.493 e. The zero-order chi connectivity index (χ0) is 20.1. The van der Waals surface area contributed by atoms with E-state index in [1.54, 1.807) is 7.11 Å². The van der Waals surface area contributed by atoms with Crippen LogP contribution in [0.15, 0.2) is 30.9 Å². The van der Waals surface area contributed by atoms with Crippen molar-refractivity contribution in [3.8, 4) is 11.5 Å². The fraction of sp³-hybridized carbons (Fsp3) is 0.619. The maximum atomic E-state index is 6.16. The van der Waals surface area contributed by atoms with Crippen LogP contribution in [0.2, 0.25) is 0 Å². The zero-order valence-corrected chi connectivity index (χ0v) is 16.9. The monoisotopic (exact) mass is 396 g/mol. The van der Waals surface area contributed by atoms with E-state index in [-0.39, 0.29) is 6.61 Å². The average Bonchev–Trinajstić information content (AvgIpc) is 2.70. The molecule has 28 heavy (non-hydrogen) atoms. The van der Waals surface area contributed by atoms with Gasteiger partial charge < -0.3 is 33.2 Å². The van der Waals surface area contributed by atoms with Gasteiger partial charge in [0.25, 0.3) is 0 Å². The molecule has 0 aliphatic carbocycles. The standard InChI is InChI=1S/C21H32O7/c1-4-5-18-6-7-19(20(16-18)22-3)28-21(2)17-26-13-12-24-9-8-23-10-11-25-14-15-27-21/h4,6-7,16H,1,5,8-15,17H2,2-3H3. The van der Waals surface area contributed by atoms with Crippen LogP contribution in [0.4, 0.5) is 0 Å². The lowest BCUT2D eigenvalue weighted by molar-refractivity contribution is -0.209. The van der Waals surface area contributed by atoms with E-state index in [1.807, 2.05) is 31.2 Å². The van der Waals surface area contributed by atoms with Gasteiger partial charge in [-0.2, -0.15) is 0 Å². The maximum Gasteiger partial charge on any atom is 0.231 e. The molecule has 0 bridgehead atoms. The van der Waals surface area contributed by atoms with Gasteiger partial charge in [-0.05, 0) is 24.1 Å². The van der Waals surface area contributed by atoms with Crippen molar-refractivity contribution in [1.82, 2.24) is 0 Å².